The Labute approximate surface area is 89.9 Å². The van der Waals surface area contributed by atoms with Crippen LogP contribution in [0.2, 0.25) is 0 Å². The zero-order chi connectivity index (χ0) is 10.7. The fourth-order valence-electron chi connectivity index (χ4n) is 1.87. The quantitative estimate of drug-likeness (QED) is 0.640. The van der Waals surface area contributed by atoms with E-state index in [9.17, 15) is 4.79 Å². The van der Waals surface area contributed by atoms with Gasteiger partial charge in [0.25, 0.3) is 0 Å². The summed E-state index contributed by atoms with van der Waals surface area (Å²) in [7, 11) is 1.42. The van der Waals surface area contributed by atoms with Gasteiger partial charge in [0.15, 0.2) is 6.10 Å². The lowest BCUT2D eigenvalue weighted by Crippen LogP contribution is -2.30. The molecule has 0 aromatic carbocycles. The maximum atomic E-state index is 11.4. The van der Waals surface area contributed by atoms with Crippen molar-refractivity contribution in [1.82, 2.24) is 0 Å². The van der Waals surface area contributed by atoms with E-state index in [1.807, 2.05) is 0 Å². The van der Waals surface area contributed by atoms with Crippen LogP contribution < -0.4 is 0 Å². The van der Waals surface area contributed by atoms with Crippen LogP contribution in [0.5, 0.6) is 0 Å². The second-order valence-electron chi connectivity index (χ2n) is 4.34. The van der Waals surface area contributed by atoms with Gasteiger partial charge in [-0.1, -0.05) is 0 Å². The predicted molar refractivity (Wildman–Crippen MR) is 53.4 cm³/mol. The van der Waals surface area contributed by atoms with E-state index in [1.165, 1.54) is 7.11 Å². The minimum absolute atomic E-state index is 0.226. The standard InChI is InChI=1S/C11H18O4/c1-13-11(12)10(9-2-3-9)15-7-8-4-5-14-6-8/h8-10H,2-7H2,1H3. The van der Waals surface area contributed by atoms with Crippen molar-refractivity contribution >= 4 is 5.97 Å². The topological polar surface area (TPSA) is 44.8 Å². The normalized spacial score (nSPS) is 27.7. The summed E-state index contributed by atoms with van der Waals surface area (Å²) in [6.45, 7) is 2.20. The zero-order valence-corrected chi connectivity index (χ0v) is 9.11. The largest absolute Gasteiger partial charge is 0.467 e. The first-order chi connectivity index (χ1) is 7.31. The van der Waals surface area contributed by atoms with Gasteiger partial charge in [0, 0.05) is 12.5 Å². The second-order valence-corrected chi connectivity index (χ2v) is 4.34. The van der Waals surface area contributed by atoms with Crippen molar-refractivity contribution in [3.05, 3.63) is 0 Å². The Hall–Kier alpha value is -0.610. The summed E-state index contributed by atoms with van der Waals surface area (Å²) in [5.41, 5.74) is 0. The molecule has 2 rings (SSSR count). The van der Waals surface area contributed by atoms with E-state index in [0.29, 0.717) is 18.4 Å². The number of carbonyl (C=O) groups excluding carboxylic acids is 1. The molecule has 2 aliphatic rings. The molecule has 86 valence electrons. The first-order valence-corrected chi connectivity index (χ1v) is 5.58. The van der Waals surface area contributed by atoms with Crippen LogP contribution in [0.1, 0.15) is 19.3 Å². The monoisotopic (exact) mass is 214 g/mol. The number of rotatable bonds is 5. The number of carbonyl (C=O) groups is 1. The third-order valence-corrected chi connectivity index (χ3v) is 3.02. The number of ether oxygens (including phenoxy) is 3. The highest BCUT2D eigenvalue weighted by Gasteiger charge is 2.38. The molecule has 0 aromatic rings. The number of methoxy groups -OCH3 is 1. The van der Waals surface area contributed by atoms with E-state index >= 15 is 0 Å². The highest BCUT2D eigenvalue weighted by molar-refractivity contribution is 5.75. The van der Waals surface area contributed by atoms with Crippen molar-refractivity contribution in [2.24, 2.45) is 11.8 Å². The molecule has 0 spiro atoms. The van der Waals surface area contributed by atoms with Gasteiger partial charge in [-0.3, -0.25) is 0 Å². The van der Waals surface area contributed by atoms with Gasteiger partial charge >= 0.3 is 5.97 Å². The van der Waals surface area contributed by atoms with Gasteiger partial charge in [-0.05, 0) is 25.2 Å². The molecule has 1 heterocycles. The molecular weight excluding hydrogens is 196 g/mol. The van der Waals surface area contributed by atoms with E-state index in [-0.39, 0.29) is 12.1 Å². The van der Waals surface area contributed by atoms with Crippen LogP contribution in [0.15, 0.2) is 0 Å². The van der Waals surface area contributed by atoms with Gasteiger partial charge in [-0.15, -0.1) is 0 Å². The van der Waals surface area contributed by atoms with Crippen molar-refractivity contribution in [2.45, 2.75) is 25.4 Å². The Balaban J connectivity index is 1.75. The predicted octanol–water partition coefficient (Wildman–Crippen LogP) is 0.991. The Bertz CT molecular complexity index is 219. The minimum Gasteiger partial charge on any atom is -0.467 e. The highest BCUT2D eigenvalue weighted by Crippen LogP contribution is 2.35. The molecule has 1 saturated heterocycles. The van der Waals surface area contributed by atoms with Gasteiger partial charge < -0.3 is 14.2 Å². The molecule has 0 N–H and O–H groups in total. The molecule has 0 aromatic heterocycles. The molecule has 1 aliphatic carbocycles. The Morgan fingerprint density at radius 2 is 2.27 bits per heavy atom. The molecule has 0 radical (unpaired) electrons. The maximum Gasteiger partial charge on any atom is 0.335 e. The van der Waals surface area contributed by atoms with E-state index in [0.717, 1.165) is 32.5 Å². The van der Waals surface area contributed by atoms with Crippen LogP contribution >= 0.6 is 0 Å². The van der Waals surface area contributed by atoms with Gasteiger partial charge in [0.05, 0.1) is 20.3 Å². The smallest absolute Gasteiger partial charge is 0.335 e. The number of esters is 1. The third kappa shape index (κ3) is 2.92. The average molecular weight is 214 g/mol. The summed E-state index contributed by atoms with van der Waals surface area (Å²) in [5, 5.41) is 0. The van der Waals surface area contributed by atoms with E-state index in [4.69, 9.17) is 14.2 Å². The lowest BCUT2D eigenvalue weighted by Gasteiger charge is -2.16. The van der Waals surface area contributed by atoms with Gasteiger partial charge in [-0.25, -0.2) is 4.79 Å². The van der Waals surface area contributed by atoms with Crippen LogP contribution in [0, 0.1) is 11.8 Å². The summed E-state index contributed by atoms with van der Waals surface area (Å²) >= 11 is 0. The second kappa shape index (κ2) is 4.94. The van der Waals surface area contributed by atoms with E-state index in [1.54, 1.807) is 0 Å². The van der Waals surface area contributed by atoms with Crippen molar-refractivity contribution in [3.63, 3.8) is 0 Å². The van der Waals surface area contributed by atoms with Gasteiger partial charge in [0.1, 0.15) is 0 Å². The van der Waals surface area contributed by atoms with Crippen molar-refractivity contribution in [1.29, 1.82) is 0 Å². The van der Waals surface area contributed by atoms with Crippen LogP contribution in [0.3, 0.4) is 0 Å². The van der Waals surface area contributed by atoms with Crippen LogP contribution in [0.25, 0.3) is 0 Å². The summed E-state index contributed by atoms with van der Waals surface area (Å²) in [6, 6.07) is 0. The minimum atomic E-state index is -0.337. The summed E-state index contributed by atoms with van der Waals surface area (Å²) in [4.78, 5) is 11.4. The maximum absolute atomic E-state index is 11.4. The summed E-state index contributed by atoms with van der Waals surface area (Å²) < 4.78 is 15.6. The average Bonchev–Trinajstić information content (AvgIpc) is 2.95. The van der Waals surface area contributed by atoms with Crippen LogP contribution in [-0.2, 0) is 19.0 Å². The molecule has 0 amide bonds. The van der Waals surface area contributed by atoms with Gasteiger partial charge in [0.2, 0.25) is 0 Å². The molecule has 2 unspecified atom stereocenters. The third-order valence-electron chi connectivity index (χ3n) is 3.02. The molecule has 0 bridgehead atoms. The van der Waals surface area contributed by atoms with E-state index in [2.05, 4.69) is 0 Å². The molecule has 1 aliphatic heterocycles. The molecule has 2 fully saturated rings. The van der Waals surface area contributed by atoms with Crippen molar-refractivity contribution in [3.8, 4) is 0 Å². The fourth-order valence-corrected chi connectivity index (χ4v) is 1.87. The molecule has 2 atom stereocenters. The van der Waals surface area contributed by atoms with Gasteiger partial charge in [-0.2, -0.15) is 0 Å². The molecule has 15 heavy (non-hydrogen) atoms. The van der Waals surface area contributed by atoms with Crippen LogP contribution in [-0.4, -0.2) is 39.0 Å². The SMILES string of the molecule is COC(=O)C(OCC1CCOC1)C1CC1. The number of hydrogen-bond donors (Lipinski definition) is 0. The number of hydrogen-bond acceptors (Lipinski definition) is 4. The lowest BCUT2D eigenvalue weighted by molar-refractivity contribution is -0.156. The molecular formula is C11H18O4. The Morgan fingerprint density at radius 3 is 2.80 bits per heavy atom. The highest BCUT2D eigenvalue weighted by atomic mass is 16.6. The van der Waals surface area contributed by atoms with Crippen LogP contribution in [0.4, 0.5) is 0 Å². The van der Waals surface area contributed by atoms with Crippen molar-refractivity contribution < 1.29 is 19.0 Å². The van der Waals surface area contributed by atoms with Crippen molar-refractivity contribution in [2.75, 3.05) is 26.9 Å². The molecule has 4 nitrogen and oxygen atoms in total. The first-order valence-electron chi connectivity index (χ1n) is 5.58. The summed E-state index contributed by atoms with van der Waals surface area (Å²) in [5.74, 6) is 0.618. The molecule has 1 saturated carbocycles. The summed E-state index contributed by atoms with van der Waals surface area (Å²) in [6.07, 6.45) is 2.87. The first kappa shape index (κ1) is 10.9. The fraction of sp³-hybridized carbons (Fsp3) is 0.909. The zero-order valence-electron chi connectivity index (χ0n) is 9.11. The van der Waals surface area contributed by atoms with E-state index < -0.39 is 0 Å². The Kier molecular flexibility index (Phi) is 3.59. The lowest BCUT2D eigenvalue weighted by atomic mass is 10.1. The molecule has 4 heteroatoms. The Morgan fingerprint density at radius 1 is 1.47 bits per heavy atom.